The van der Waals surface area contributed by atoms with E-state index in [4.69, 9.17) is 18.9 Å². The summed E-state index contributed by atoms with van der Waals surface area (Å²) in [4.78, 5) is 23.1. The molecule has 0 aromatic rings. The van der Waals surface area contributed by atoms with Crippen LogP contribution in [0.25, 0.3) is 0 Å². The lowest BCUT2D eigenvalue weighted by atomic mass is 9.43. The summed E-state index contributed by atoms with van der Waals surface area (Å²) in [6.45, 7) is 4.55. The Morgan fingerprint density at radius 2 is 1.91 bits per heavy atom. The molecule has 0 bridgehead atoms. The molecule has 1 amide bonds. The van der Waals surface area contributed by atoms with E-state index in [1.807, 2.05) is 6.92 Å². The number of thioether (sulfide) groups is 1. The van der Waals surface area contributed by atoms with Gasteiger partial charge in [-0.25, -0.2) is 4.79 Å². The number of esters is 1. The Labute approximate surface area is 257 Å². The summed E-state index contributed by atoms with van der Waals surface area (Å²) in [7, 11) is 1.42. The van der Waals surface area contributed by atoms with Crippen molar-refractivity contribution in [2.45, 2.75) is 113 Å². The Hall–Kier alpha value is -1.21. The first-order chi connectivity index (χ1) is 20.4. The van der Waals surface area contributed by atoms with Gasteiger partial charge in [0.15, 0.2) is 0 Å². The minimum Gasteiger partial charge on any atom is -0.458 e. The Morgan fingerprint density at radius 3 is 2.58 bits per heavy atom. The highest BCUT2D eigenvalue weighted by Crippen LogP contribution is 2.70. The fraction of sp³-hybridized carbons (Fsp3) is 0.875. The number of aliphatic hydroxyl groups excluding tert-OH is 1. The van der Waals surface area contributed by atoms with Gasteiger partial charge in [0.1, 0.15) is 11.5 Å². The quantitative estimate of drug-likeness (QED) is 0.206. The average Bonchev–Trinajstić information content (AvgIpc) is 3.66. The van der Waals surface area contributed by atoms with Crippen LogP contribution in [0.15, 0.2) is 11.6 Å². The van der Waals surface area contributed by atoms with Gasteiger partial charge in [0, 0.05) is 31.6 Å². The molecule has 0 radical (unpaired) electrons. The summed E-state index contributed by atoms with van der Waals surface area (Å²) >= 11 is 1.34. The molecule has 11 heteroatoms. The number of hydrogen-bond acceptors (Lipinski definition) is 10. The van der Waals surface area contributed by atoms with Gasteiger partial charge in [0.2, 0.25) is 12.2 Å². The Morgan fingerprint density at radius 1 is 1.09 bits per heavy atom. The highest BCUT2D eigenvalue weighted by atomic mass is 32.2. The molecule has 7 aliphatic rings. The maximum atomic E-state index is 12.5. The lowest BCUT2D eigenvalue weighted by molar-refractivity contribution is -0.385. The van der Waals surface area contributed by atoms with Crippen LogP contribution in [-0.4, -0.2) is 88.0 Å². The zero-order valence-corrected chi connectivity index (χ0v) is 26.3. The lowest BCUT2D eigenvalue weighted by Crippen LogP contribution is -2.71. The SMILES string of the molecule is CO[C@]1(O)[C@H](O[C@H]2CC[C@]3(CO)C4CC[C@]5(C)[C@@H](C6=CC(=O)OC6)CC[C@]5(O)[C@@H]4CC[C@H]3C2)O[C@H](C)CC12NC(=O)CS2. The van der Waals surface area contributed by atoms with Gasteiger partial charge in [-0.15, -0.1) is 11.8 Å². The molecular weight excluding hydrogens is 574 g/mol. The number of methoxy groups -OCH3 is 1. The predicted molar refractivity (Wildman–Crippen MR) is 156 cm³/mol. The normalized spacial score (nSPS) is 52.7. The van der Waals surface area contributed by atoms with Crippen LogP contribution in [0.5, 0.6) is 0 Å². The van der Waals surface area contributed by atoms with E-state index in [9.17, 15) is 24.9 Å². The highest BCUT2D eigenvalue weighted by Gasteiger charge is 2.69. The van der Waals surface area contributed by atoms with Crippen molar-refractivity contribution in [3.63, 3.8) is 0 Å². The van der Waals surface area contributed by atoms with E-state index in [-0.39, 0.29) is 70.9 Å². The van der Waals surface area contributed by atoms with E-state index in [0.29, 0.717) is 25.9 Å². The second-order valence-corrected chi connectivity index (χ2v) is 16.0. The van der Waals surface area contributed by atoms with Crippen LogP contribution in [0.1, 0.15) is 78.1 Å². The maximum Gasteiger partial charge on any atom is 0.331 e. The zero-order valence-electron chi connectivity index (χ0n) is 25.5. The molecule has 4 N–H and O–H groups in total. The molecule has 2 unspecified atom stereocenters. The van der Waals surface area contributed by atoms with Crippen molar-refractivity contribution in [2.75, 3.05) is 26.1 Å². The second-order valence-electron chi connectivity index (χ2n) is 14.8. The fourth-order valence-corrected chi connectivity index (χ4v) is 12.4. The van der Waals surface area contributed by atoms with Crippen molar-refractivity contribution in [1.82, 2.24) is 5.32 Å². The van der Waals surface area contributed by atoms with Crippen LogP contribution in [0, 0.1) is 34.5 Å². The van der Waals surface area contributed by atoms with Crippen molar-refractivity contribution in [3.05, 3.63) is 11.6 Å². The van der Waals surface area contributed by atoms with Gasteiger partial charge in [-0.3, -0.25) is 4.79 Å². The molecule has 240 valence electrons. The summed E-state index contributed by atoms with van der Waals surface area (Å²) < 4.78 is 23.6. The Kier molecular flexibility index (Phi) is 7.37. The number of ether oxygens (including phenoxy) is 4. The van der Waals surface area contributed by atoms with Gasteiger partial charge in [0.05, 0.1) is 23.6 Å². The van der Waals surface area contributed by atoms with Gasteiger partial charge in [-0.05, 0) is 99.4 Å². The summed E-state index contributed by atoms with van der Waals surface area (Å²) in [5.74, 6) is -1.36. The molecule has 4 saturated carbocycles. The van der Waals surface area contributed by atoms with Crippen molar-refractivity contribution in [1.29, 1.82) is 0 Å². The first kappa shape index (κ1) is 30.4. The molecule has 2 saturated heterocycles. The minimum atomic E-state index is -1.85. The number of carbonyl (C=O) groups is 2. The van der Waals surface area contributed by atoms with Crippen molar-refractivity contribution in [3.8, 4) is 0 Å². The van der Waals surface area contributed by atoms with Gasteiger partial charge >= 0.3 is 5.97 Å². The van der Waals surface area contributed by atoms with Gasteiger partial charge in [-0.2, -0.15) is 0 Å². The topological polar surface area (TPSA) is 144 Å². The molecule has 6 fully saturated rings. The number of fused-ring (bicyclic) bond motifs is 5. The van der Waals surface area contributed by atoms with E-state index in [1.165, 1.54) is 18.9 Å². The molecule has 0 aromatic carbocycles. The van der Waals surface area contributed by atoms with Gasteiger partial charge in [-0.1, -0.05) is 6.92 Å². The Balaban J connectivity index is 1.09. The van der Waals surface area contributed by atoms with E-state index < -0.39 is 22.5 Å². The van der Waals surface area contributed by atoms with Crippen LogP contribution in [0.3, 0.4) is 0 Å². The van der Waals surface area contributed by atoms with Crippen molar-refractivity contribution >= 4 is 23.6 Å². The van der Waals surface area contributed by atoms with Gasteiger partial charge < -0.3 is 39.6 Å². The lowest BCUT2D eigenvalue weighted by Gasteiger charge is -2.64. The third-order valence-electron chi connectivity index (χ3n) is 13.2. The molecule has 4 aliphatic carbocycles. The maximum absolute atomic E-state index is 12.5. The number of cyclic esters (lactones) is 1. The summed E-state index contributed by atoms with van der Waals surface area (Å²) in [5, 5.41) is 38.3. The first-order valence-corrected chi connectivity index (χ1v) is 17.2. The number of carbonyl (C=O) groups excluding carboxylic acids is 2. The standard InChI is InChI=1S/C32H47NO9S/c1-18-14-31(33-25(35)16-43-31)32(38,39-3)27(41-18)42-21-6-10-29(17-34)20(13-21)4-5-24-23(29)7-9-28(2)22(8-11-30(24,28)37)19-12-26(36)40-15-19/h12,18,20-24,27,34,37-38H,4-11,13-17H2,1-3H3,(H,33,35)/t18-,20+,21+,22-,23?,24-,27+,28-,29-,30+,31?,32-/m1/s1. The highest BCUT2D eigenvalue weighted by molar-refractivity contribution is 8.01. The summed E-state index contributed by atoms with van der Waals surface area (Å²) in [6.07, 6.45) is 7.88. The van der Waals surface area contributed by atoms with Crippen molar-refractivity contribution in [2.24, 2.45) is 34.5 Å². The molecular formula is C32H47NO9S. The molecule has 7 rings (SSSR count). The Bertz CT molecular complexity index is 1200. The molecule has 43 heavy (non-hydrogen) atoms. The van der Waals surface area contributed by atoms with Gasteiger partial charge in [0.25, 0.3) is 5.79 Å². The molecule has 3 heterocycles. The van der Waals surface area contributed by atoms with Crippen LogP contribution in [0.2, 0.25) is 0 Å². The zero-order chi connectivity index (χ0) is 30.4. The smallest absolute Gasteiger partial charge is 0.331 e. The van der Waals surface area contributed by atoms with Crippen LogP contribution < -0.4 is 5.32 Å². The number of hydrogen-bond donors (Lipinski definition) is 4. The molecule has 12 atom stereocenters. The number of rotatable bonds is 5. The van der Waals surface area contributed by atoms with E-state index >= 15 is 0 Å². The average molecular weight is 622 g/mol. The van der Waals surface area contributed by atoms with Crippen molar-refractivity contribution < 1.29 is 43.9 Å². The predicted octanol–water partition coefficient (Wildman–Crippen LogP) is 2.63. The molecule has 1 spiro atoms. The number of aliphatic hydroxyl groups is 3. The molecule has 0 aromatic heterocycles. The van der Waals surface area contributed by atoms with Crippen LogP contribution in [0.4, 0.5) is 0 Å². The summed E-state index contributed by atoms with van der Waals surface area (Å²) in [5.41, 5.74) is -0.427. The second kappa shape index (κ2) is 10.4. The fourth-order valence-electron chi connectivity index (χ4n) is 11.0. The third-order valence-corrected chi connectivity index (χ3v) is 14.6. The van der Waals surface area contributed by atoms with E-state index in [1.54, 1.807) is 6.08 Å². The first-order valence-electron chi connectivity index (χ1n) is 16.2. The van der Waals surface area contributed by atoms with Crippen LogP contribution in [-0.2, 0) is 28.5 Å². The number of nitrogens with one attached hydrogen (secondary N) is 1. The summed E-state index contributed by atoms with van der Waals surface area (Å²) in [6, 6.07) is 0. The molecule has 3 aliphatic heterocycles. The minimum absolute atomic E-state index is 0.0834. The molecule has 10 nitrogen and oxygen atoms in total. The third kappa shape index (κ3) is 4.21. The number of amides is 1. The van der Waals surface area contributed by atoms with Crippen LogP contribution >= 0.6 is 11.8 Å². The van der Waals surface area contributed by atoms with E-state index in [0.717, 1.165) is 50.5 Å². The van der Waals surface area contributed by atoms with E-state index in [2.05, 4.69) is 12.2 Å². The largest absolute Gasteiger partial charge is 0.458 e. The monoisotopic (exact) mass is 621 g/mol.